The van der Waals surface area contributed by atoms with Crippen LogP contribution in [0, 0.1) is 0 Å². The topological polar surface area (TPSA) is 85.7 Å². The van der Waals surface area contributed by atoms with Gasteiger partial charge in [-0.3, -0.25) is 0 Å². The zero-order chi connectivity index (χ0) is 13.0. The molecule has 0 aromatic carbocycles. The molecular weight excluding hydrogens is 292 g/mol. The van der Waals surface area contributed by atoms with E-state index >= 15 is 0 Å². The number of rotatable bonds is 5. The highest BCUT2D eigenvalue weighted by atomic mass is 32.2. The Morgan fingerprint density at radius 3 is 2.56 bits per heavy atom. The number of anilines is 1. The number of hydrogen-bond acceptors (Lipinski definition) is 10. The van der Waals surface area contributed by atoms with Crippen LogP contribution in [0.1, 0.15) is 0 Å². The van der Waals surface area contributed by atoms with Gasteiger partial charge in [0, 0.05) is 7.05 Å². The number of aromatic nitrogens is 5. The fraction of sp³-hybridized carbons (Fsp3) is 0.375. The molecule has 7 nitrogen and oxygen atoms in total. The highest BCUT2D eigenvalue weighted by molar-refractivity contribution is 8.02. The summed E-state index contributed by atoms with van der Waals surface area (Å²) >= 11 is 4.39. The quantitative estimate of drug-likeness (QED) is 0.828. The van der Waals surface area contributed by atoms with Crippen molar-refractivity contribution in [1.29, 1.82) is 0 Å². The van der Waals surface area contributed by atoms with E-state index < -0.39 is 0 Å². The minimum absolute atomic E-state index is 0.270. The van der Waals surface area contributed by atoms with E-state index in [9.17, 15) is 0 Å². The van der Waals surface area contributed by atoms with Crippen molar-refractivity contribution in [2.75, 3.05) is 25.7 Å². The summed E-state index contributed by atoms with van der Waals surface area (Å²) in [6.07, 6.45) is 1.96. The molecule has 0 aliphatic rings. The second-order valence-corrected chi connectivity index (χ2v) is 6.06. The predicted molar refractivity (Wildman–Crippen MR) is 71.7 cm³/mol. The summed E-state index contributed by atoms with van der Waals surface area (Å²) in [5.41, 5.74) is 0. The second-order valence-electron chi connectivity index (χ2n) is 2.82. The molecule has 0 radical (unpaired) electrons. The Labute approximate surface area is 116 Å². The van der Waals surface area contributed by atoms with Crippen molar-refractivity contribution in [3.8, 4) is 6.01 Å². The summed E-state index contributed by atoms with van der Waals surface area (Å²) in [6, 6.07) is 0.270. The molecule has 2 aromatic rings. The molecule has 0 aliphatic heterocycles. The summed E-state index contributed by atoms with van der Waals surface area (Å²) in [5.74, 6) is 0.457. The van der Waals surface area contributed by atoms with Crippen LogP contribution >= 0.6 is 34.9 Å². The second kappa shape index (κ2) is 6.16. The van der Waals surface area contributed by atoms with Crippen molar-refractivity contribution >= 4 is 40.8 Å². The first-order chi connectivity index (χ1) is 8.75. The van der Waals surface area contributed by atoms with Crippen molar-refractivity contribution < 1.29 is 4.74 Å². The highest BCUT2D eigenvalue weighted by Gasteiger charge is 2.11. The maximum atomic E-state index is 5.01. The molecule has 0 fully saturated rings. The van der Waals surface area contributed by atoms with Gasteiger partial charge < -0.3 is 10.1 Å². The molecule has 0 atom stereocenters. The minimum atomic E-state index is 0.270. The van der Waals surface area contributed by atoms with Gasteiger partial charge in [0.25, 0.3) is 0 Å². The lowest BCUT2D eigenvalue weighted by molar-refractivity contribution is 0.374. The molecule has 0 bridgehead atoms. The lowest BCUT2D eigenvalue weighted by Crippen LogP contribution is -2.02. The maximum absolute atomic E-state index is 5.01. The van der Waals surface area contributed by atoms with E-state index in [1.807, 2.05) is 6.26 Å². The van der Waals surface area contributed by atoms with Gasteiger partial charge in [-0.25, -0.2) is 0 Å². The van der Waals surface area contributed by atoms with Gasteiger partial charge in [-0.15, -0.1) is 10.2 Å². The molecule has 2 aromatic heterocycles. The molecular formula is C8H10N6OS3. The van der Waals surface area contributed by atoms with E-state index in [1.54, 1.807) is 18.8 Å². The Balaban J connectivity index is 2.22. The lowest BCUT2D eigenvalue weighted by atomic mass is 10.9. The van der Waals surface area contributed by atoms with Crippen LogP contribution in [0.15, 0.2) is 13.8 Å². The monoisotopic (exact) mass is 302 g/mol. The maximum Gasteiger partial charge on any atom is 0.321 e. The van der Waals surface area contributed by atoms with Crippen molar-refractivity contribution in [2.45, 2.75) is 13.8 Å². The highest BCUT2D eigenvalue weighted by Crippen LogP contribution is 2.31. The molecule has 0 saturated carbocycles. The van der Waals surface area contributed by atoms with Crippen LogP contribution in [-0.4, -0.2) is 45.6 Å². The van der Waals surface area contributed by atoms with E-state index in [2.05, 4.69) is 30.5 Å². The van der Waals surface area contributed by atoms with Gasteiger partial charge in [0.1, 0.15) is 0 Å². The van der Waals surface area contributed by atoms with E-state index in [-0.39, 0.29) is 6.01 Å². The summed E-state index contributed by atoms with van der Waals surface area (Å²) in [4.78, 5) is 12.4. The van der Waals surface area contributed by atoms with E-state index in [0.29, 0.717) is 11.1 Å². The number of ether oxygens (including phenoxy) is 1. The number of methoxy groups -OCH3 is 1. The van der Waals surface area contributed by atoms with Gasteiger partial charge in [-0.1, -0.05) is 23.1 Å². The first-order valence-corrected chi connectivity index (χ1v) is 7.64. The molecule has 0 aliphatic carbocycles. The van der Waals surface area contributed by atoms with Crippen molar-refractivity contribution in [3.05, 3.63) is 0 Å². The number of nitrogens with one attached hydrogen (secondary N) is 1. The van der Waals surface area contributed by atoms with Crippen LogP contribution in [0.3, 0.4) is 0 Å². The van der Waals surface area contributed by atoms with Gasteiger partial charge in [-0.05, 0) is 18.0 Å². The summed E-state index contributed by atoms with van der Waals surface area (Å²) < 4.78 is 6.71. The smallest absolute Gasteiger partial charge is 0.321 e. The Kier molecular flexibility index (Phi) is 4.55. The largest absolute Gasteiger partial charge is 0.467 e. The molecule has 96 valence electrons. The Morgan fingerprint density at radius 1 is 1.17 bits per heavy atom. The van der Waals surface area contributed by atoms with Crippen molar-refractivity contribution in [3.63, 3.8) is 0 Å². The number of hydrogen-bond donors (Lipinski definition) is 1. The van der Waals surface area contributed by atoms with E-state index in [0.717, 1.165) is 8.68 Å². The predicted octanol–water partition coefficient (Wildman–Crippen LogP) is 1.65. The fourth-order valence-corrected chi connectivity index (χ4v) is 3.27. The molecule has 10 heteroatoms. The molecule has 18 heavy (non-hydrogen) atoms. The third-order valence-electron chi connectivity index (χ3n) is 1.74. The van der Waals surface area contributed by atoms with Crippen LogP contribution in [0.25, 0.3) is 0 Å². The van der Waals surface area contributed by atoms with Gasteiger partial charge in [0.05, 0.1) is 7.11 Å². The van der Waals surface area contributed by atoms with Crippen LogP contribution in [0.5, 0.6) is 6.01 Å². The van der Waals surface area contributed by atoms with E-state index in [1.165, 1.54) is 30.2 Å². The summed E-state index contributed by atoms with van der Waals surface area (Å²) in [6.45, 7) is 0. The minimum Gasteiger partial charge on any atom is -0.467 e. The third kappa shape index (κ3) is 3.21. The lowest BCUT2D eigenvalue weighted by Gasteiger charge is -2.03. The molecule has 0 unspecified atom stereocenters. The standard InChI is InChI=1S/C8H10N6OS3/c1-9-4-10-5(15-2)12-6(11-4)17-8-14-13-7(16-3)18-8/h1-3H3,(H,9,10,11,12). The van der Waals surface area contributed by atoms with Crippen LogP contribution in [0.2, 0.25) is 0 Å². The van der Waals surface area contributed by atoms with Gasteiger partial charge >= 0.3 is 6.01 Å². The third-order valence-corrected chi connectivity index (χ3v) is 4.56. The molecule has 1 N–H and O–H groups in total. The molecule has 2 heterocycles. The van der Waals surface area contributed by atoms with Crippen molar-refractivity contribution in [1.82, 2.24) is 25.1 Å². The number of nitrogens with zero attached hydrogens (tertiary/aromatic N) is 5. The van der Waals surface area contributed by atoms with Crippen molar-refractivity contribution in [2.24, 2.45) is 0 Å². The first-order valence-electron chi connectivity index (χ1n) is 4.78. The number of thioether (sulfide) groups is 1. The summed E-state index contributed by atoms with van der Waals surface area (Å²) in [5, 5.41) is 11.4. The molecule has 0 spiro atoms. The van der Waals surface area contributed by atoms with Crippen LogP contribution < -0.4 is 10.1 Å². The van der Waals surface area contributed by atoms with Gasteiger partial charge in [0.2, 0.25) is 11.1 Å². The fourth-order valence-electron chi connectivity index (χ4n) is 0.986. The van der Waals surface area contributed by atoms with Gasteiger partial charge in [-0.2, -0.15) is 15.0 Å². The normalized spacial score (nSPS) is 10.4. The average Bonchev–Trinajstić information content (AvgIpc) is 2.85. The SMILES string of the molecule is CNc1nc(OC)nc(Sc2nnc(SC)s2)n1. The van der Waals surface area contributed by atoms with Crippen LogP contribution in [-0.2, 0) is 0 Å². The molecule has 0 saturated heterocycles. The Bertz CT molecular complexity index is 511. The van der Waals surface area contributed by atoms with Gasteiger partial charge in [0.15, 0.2) is 8.68 Å². The Morgan fingerprint density at radius 2 is 1.94 bits per heavy atom. The summed E-state index contributed by atoms with van der Waals surface area (Å²) in [7, 11) is 3.25. The zero-order valence-corrected chi connectivity index (χ0v) is 12.3. The van der Waals surface area contributed by atoms with E-state index in [4.69, 9.17) is 4.74 Å². The molecule has 0 amide bonds. The first kappa shape index (κ1) is 13.3. The zero-order valence-electron chi connectivity index (χ0n) is 9.87. The average molecular weight is 302 g/mol. The van der Waals surface area contributed by atoms with Crippen LogP contribution in [0.4, 0.5) is 5.95 Å². The Hall–Kier alpha value is -1.13. The molecule has 2 rings (SSSR count).